The van der Waals surface area contributed by atoms with E-state index < -0.39 is 11.7 Å². The second-order valence-electron chi connectivity index (χ2n) is 7.36. The Hall–Kier alpha value is -3.69. The van der Waals surface area contributed by atoms with E-state index in [-0.39, 0.29) is 24.3 Å². The molecule has 7 nitrogen and oxygen atoms in total. The fourth-order valence-corrected chi connectivity index (χ4v) is 2.78. The zero-order valence-electron chi connectivity index (χ0n) is 17.5. The monoisotopic (exact) mass is 445 g/mol. The highest BCUT2D eigenvalue weighted by atomic mass is 19.4. The molecular formula is C22H22F3N5O2. The molecule has 168 valence electrons. The fourth-order valence-electron chi connectivity index (χ4n) is 2.78. The van der Waals surface area contributed by atoms with Crippen LogP contribution in [0.5, 0.6) is 0 Å². The number of pyridine rings is 2. The van der Waals surface area contributed by atoms with Crippen LogP contribution in [0.1, 0.15) is 29.8 Å². The molecule has 3 N–H and O–H groups in total. The molecule has 32 heavy (non-hydrogen) atoms. The Kier molecular flexibility index (Phi) is 6.92. The van der Waals surface area contributed by atoms with Gasteiger partial charge < -0.3 is 16.0 Å². The summed E-state index contributed by atoms with van der Waals surface area (Å²) in [5.41, 5.74) is 0.0569. The van der Waals surface area contributed by atoms with E-state index in [0.29, 0.717) is 34.6 Å². The summed E-state index contributed by atoms with van der Waals surface area (Å²) in [5, 5.41) is 8.78. The zero-order valence-corrected chi connectivity index (χ0v) is 17.5. The fraction of sp³-hybridized carbons (Fsp3) is 0.273. The number of alkyl halides is 3. The summed E-state index contributed by atoms with van der Waals surface area (Å²) in [4.78, 5) is 32.4. The number of nitrogens with zero attached hydrogens (tertiary/aromatic N) is 2. The van der Waals surface area contributed by atoms with Crippen molar-refractivity contribution >= 4 is 34.4 Å². The average Bonchev–Trinajstić information content (AvgIpc) is 2.75. The van der Waals surface area contributed by atoms with Crippen molar-refractivity contribution < 1.29 is 22.8 Å². The van der Waals surface area contributed by atoms with Gasteiger partial charge in [-0.3, -0.25) is 9.59 Å². The smallest absolute Gasteiger partial charge is 0.368 e. The Bertz CT molecular complexity index is 1130. The highest BCUT2D eigenvalue weighted by Gasteiger charge is 2.30. The number of aromatic nitrogens is 2. The third kappa shape index (κ3) is 5.93. The number of nitrogens with one attached hydrogen (secondary N) is 3. The van der Waals surface area contributed by atoms with Crippen LogP contribution in [-0.2, 0) is 11.0 Å². The lowest BCUT2D eigenvalue weighted by Crippen LogP contribution is -2.29. The maximum absolute atomic E-state index is 12.8. The van der Waals surface area contributed by atoms with Crippen LogP contribution in [0.25, 0.3) is 10.9 Å². The summed E-state index contributed by atoms with van der Waals surface area (Å²) < 4.78 is 38.4. The molecule has 1 aromatic carbocycles. The third-order valence-corrected chi connectivity index (χ3v) is 4.53. The highest BCUT2D eigenvalue weighted by molar-refractivity contribution is 5.96. The summed E-state index contributed by atoms with van der Waals surface area (Å²) in [6, 6.07) is 9.53. The van der Waals surface area contributed by atoms with Crippen molar-refractivity contribution in [3.05, 3.63) is 59.8 Å². The SMILES string of the molecule is CC(C)C(=O)Nc1cc(C(=O)NCCNc2ccc3cc(C(F)(F)F)ccc3n2)ccn1. The molecule has 0 aliphatic rings. The molecule has 0 aliphatic heterocycles. The first-order valence-corrected chi connectivity index (χ1v) is 9.90. The number of fused-ring (bicyclic) bond motifs is 1. The third-order valence-electron chi connectivity index (χ3n) is 4.53. The maximum atomic E-state index is 12.8. The van der Waals surface area contributed by atoms with Crippen LogP contribution < -0.4 is 16.0 Å². The van der Waals surface area contributed by atoms with E-state index in [1.165, 1.54) is 24.4 Å². The van der Waals surface area contributed by atoms with Gasteiger partial charge in [0.15, 0.2) is 0 Å². The van der Waals surface area contributed by atoms with Crippen LogP contribution >= 0.6 is 0 Å². The number of halogens is 3. The molecule has 2 amide bonds. The lowest BCUT2D eigenvalue weighted by molar-refractivity contribution is -0.137. The predicted molar refractivity (Wildman–Crippen MR) is 115 cm³/mol. The Balaban J connectivity index is 1.53. The summed E-state index contributed by atoms with van der Waals surface area (Å²) in [7, 11) is 0. The van der Waals surface area contributed by atoms with Gasteiger partial charge in [-0.1, -0.05) is 13.8 Å². The second kappa shape index (κ2) is 9.63. The van der Waals surface area contributed by atoms with Gasteiger partial charge in [-0.05, 0) is 42.5 Å². The van der Waals surface area contributed by atoms with E-state index in [1.54, 1.807) is 26.0 Å². The number of carbonyl (C=O) groups is 2. The quantitative estimate of drug-likeness (QED) is 0.476. The molecule has 0 fully saturated rings. The lowest BCUT2D eigenvalue weighted by Gasteiger charge is -2.11. The first-order chi connectivity index (χ1) is 15.1. The number of amides is 2. The molecular weight excluding hydrogens is 423 g/mol. The van der Waals surface area contributed by atoms with Crippen LogP contribution in [0, 0.1) is 5.92 Å². The zero-order chi connectivity index (χ0) is 23.3. The Labute approximate surface area is 182 Å². The molecule has 10 heteroatoms. The number of hydrogen-bond donors (Lipinski definition) is 3. The average molecular weight is 445 g/mol. The van der Waals surface area contributed by atoms with E-state index >= 15 is 0 Å². The van der Waals surface area contributed by atoms with Crippen LogP contribution in [0.15, 0.2) is 48.7 Å². The van der Waals surface area contributed by atoms with Gasteiger partial charge in [0, 0.05) is 36.2 Å². The molecule has 3 aromatic rings. The number of carbonyl (C=O) groups excluding carboxylic acids is 2. The summed E-state index contributed by atoms with van der Waals surface area (Å²) in [6.07, 6.45) is -2.97. The Morgan fingerprint density at radius 2 is 1.78 bits per heavy atom. The van der Waals surface area contributed by atoms with E-state index in [9.17, 15) is 22.8 Å². The van der Waals surface area contributed by atoms with Gasteiger partial charge >= 0.3 is 6.18 Å². The molecule has 0 unspecified atom stereocenters. The number of rotatable bonds is 7. The summed E-state index contributed by atoms with van der Waals surface area (Å²) >= 11 is 0. The number of hydrogen-bond acceptors (Lipinski definition) is 5. The van der Waals surface area contributed by atoms with Crippen molar-refractivity contribution in [3.8, 4) is 0 Å². The number of anilines is 2. The standard InChI is InChI=1S/C22H22F3N5O2/c1-13(2)20(31)30-19-12-15(7-8-26-19)21(32)28-10-9-27-18-6-3-14-11-16(22(23,24)25)4-5-17(14)29-18/h3-8,11-13H,9-10H2,1-2H3,(H,27,29)(H,28,32)(H,26,30,31). The molecule has 0 radical (unpaired) electrons. The van der Waals surface area contributed by atoms with Gasteiger partial charge in [0.1, 0.15) is 11.6 Å². The predicted octanol–water partition coefficient (Wildman–Crippen LogP) is 4.09. The lowest BCUT2D eigenvalue weighted by atomic mass is 10.1. The largest absolute Gasteiger partial charge is 0.416 e. The first-order valence-electron chi connectivity index (χ1n) is 9.90. The van der Waals surface area contributed by atoms with Gasteiger partial charge in [-0.2, -0.15) is 13.2 Å². The van der Waals surface area contributed by atoms with E-state index in [2.05, 4.69) is 25.9 Å². The van der Waals surface area contributed by atoms with Gasteiger partial charge in [0.05, 0.1) is 11.1 Å². The molecule has 2 heterocycles. The minimum Gasteiger partial charge on any atom is -0.368 e. The van der Waals surface area contributed by atoms with Crippen molar-refractivity contribution in [1.29, 1.82) is 0 Å². The molecule has 0 bridgehead atoms. The topological polar surface area (TPSA) is 96.0 Å². The van der Waals surface area contributed by atoms with Crippen LogP contribution in [-0.4, -0.2) is 34.9 Å². The summed E-state index contributed by atoms with van der Waals surface area (Å²) in [5.74, 6) is 0.0329. The normalized spacial score (nSPS) is 11.4. The van der Waals surface area contributed by atoms with Crippen molar-refractivity contribution in [2.45, 2.75) is 20.0 Å². The Morgan fingerprint density at radius 3 is 2.50 bits per heavy atom. The minimum absolute atomic E-state index is 0.197. The van der Waals surface area contributed by atoms with E-state index in [1.807, 2.05) is 0 Å². The van der Waals surface area contributed by atoms with Crippen molar-refractivity contribution in [2.75, 3.05) is 23.7 Å². The van der Waals surface area contributed by atoms with Crippen molar-refractivity contribution in [1.82, 2.24) is 15.3 Å². The van der Waals surface area contributed by atoms with Crippen molar-refractivity contribution in [2.24, 2.45) is 5.92 Å². The molecule has 3 rings (SSSR count). The molecule has 0 atom stereocenters. The molecule has 0 saturated heterocycles. The minimum atomic E-state index is -4.40. The molecule has 0 aliphatic carbocycles. The van der Waals surface area contributed by atoms with Crippen LogP contribution in [0.3, 0.4) is 0 Å². The molecule has 0 spiro atoms. The number of benzene rings is 1. The van der Waals surface area contributed by atoms with Crippen LogP contribution in [0.4, 0.5) is 24.8 Å². The highest BCUT2D eigenvalue weighted by Crippen LogP contribution is 2.31. The van der Waals surface area contributed by atoms with E-state index in [0.717, 1.165) is 12.1 Å². The second-order valence-corrected chi connectivity index (χ2v) is 7.36. The maximum Gasteiger partial charge on any atom is 0.416 e. The van der Waals surface area contributed by atoms with Gasteiger partial charge in [-0.15, -0.1) is 0 Å². The Morgan fingerprint density at radius 1 is 1.00 bits per heavy atom. The van der Waals surface area contributed by atoms with Gasteiger partial charge in [-0.25, -0.2) is 9.97 Å². The molecule has 0 saturated carbocycles. The van der Waals surface area contributed by atoms with Gasteiger partial charge in [0.2, 0.25) is 5.91 Å². The van der Waals surface area contributed by atoms with Crippen molar-refractivity contribution in [3.63, 3.8) is 0 Å². The molecule has 2 aromatic heterocycles. The van der Waals surface area contributed by atoms with E-state index in [4.69, 9.17) is 0 Å². The van der Waals surface area contributed by atoms with Gasteiger partial charge in [0.25, 0.3) is 5.91 Å². The first kappa shape index (κ1) is 23.0. The summed E-state index contributed by atoms with van der Waals surface area (Å²) in [6.45, 7) is 4.14. The van der Waals surface area contributed by atoms with Crippen LogP contribution in [0.2, 0.25) is 0 Å².